The van der Waals surface area contributed by atoms with Crippen LogP contribution in [0.3, 0.4) is 0 Å². The summed E-state index contributed by atoms with van der Waals surface area (Å²) >= 11 is 0. The molecule has 1 atom stereocenters. The van der Waals surface area contributed by atoms with Crippen molar-refractivity contribution in [2.45, 2.75) is 26.0 Å². The third-order valence-electron chi connectivity index (χ3n) is 6.67. The van der Waals surface area contributed by atoms with E-state index in [1.54, 1.807) is 12.1 Å². The number of nitrogens with one attached hydrogen (secondary N) is 1. The van der Waals surface area contributed by atoms with Crippen LogP contribution in [0, 0.1) is 11.8 Å². The van der Waals surface area contributed by atoms with Crippen molar-refractivity contribution in [3.63, 3.8) is 0 Å². The number of benzene rings is 2. The van der Waals surface area contributed by atoms with Crippen LogP contribution in [0.25, 0.3) is 22.5 Å². The molecule has 3 heterocycles. The van der Waals surface area contributed by atoms with Crippen molar-refractivity contribution in [3.05, 3.63) is 58.8 Å². The van der Waals surface area contributed by atoms with Gasteiger partial charge >= 0.3 is 0 Å². The molecule has 0 unspecified atom stereocenters. The number of amides is 1. The van der Waals surface area contributed by atoms with Gasteiger partial charge in [-0.3, -0.25) is 4.79 Å². The highest BCUT2D eigenvalue weighted by Crippen LogP contribution is 2.34. The highest BCUT2D eigenvalue weighted by molar-refractivity contribution is 5.97. The van der Waals surface area contributed by atoms with E-state index < -0.39 is 11.8 Å². The van der Waals surface area contributed by atoms with Crippen molar-refractivity contribution >= 4 is 17.4 Å². The van der Waals surface area contributed by atoms with Gasteiger partial charge < -0.3 is 25.6 Å². The van der Waals surface area contributed by atoms with Crippen molar-refractivity contribution in [2.75, 3.05) is 51.0 Å². The van der Waals surface area contributed by atoms with Gasteiger partial charge in [0, 0.05) is 48.6 Å². The summed E-state index contributed by atoms with van der Waals surface area (Å²) in [7, 11) is 3.94. The first-order valence-electron chi connectivity index (χ1n) is 12.3. The van der Waals surface area contributed by atoms with Gasteiger partial charge in [-0.15, -0.1) is 0 Å². The lowest BCUT2D eigenvalue weighted by atomic mass is 9.96. The summed E-state index contributed by atoms with van der Waals surface area (Å²) in [5.74, 6) is -2.04. The Morgan fingerprint density at radius 1 is 1.16 bits per heavy atom. The zero-order valence-corrected chi connectivity index (χ0v) is 21.1. The molecule has 8 nitrogen and oxygen atoms in total. The average molecular weight is 509 g/mol. The van der Waals surface area contributed by atoms with Gasteiger partial charge in [0.1, 0.15) is 17.2 Å². The fourth-order valence-electron chi connectivity index (χ4n) is 4.98. The van der Waals surface area contributed by atoms with E-state index in [0.717, 1.165) is 24.3 Å². The molecule has 2 aliphatic rings. The molecule has 0 radical (unpaired) electrons. The van der Waals surface area contributed by atoms with E-state index in [1.165, 1.54) is 6.07 Å². The van der Waals surface area contributed by atoms with E-state index in [0.29, 0.717) is 37.2 Å². The number of morpholine rings is 1. The van der Waals surface area contributed by atoms with E-state index in [2.05, 4.69) is 20.2 Å². The third-order valence-corrected chi connectivity index (χ3v) is 6.67. The van der Waals surface area contributed by atoms with Crippen LogP contribution < -0.4 is 16.0 Å². The molecule has 3 N–H and O–H groups in total. The molecule has 1 fully saturated rings. The molecule has 0 bridgehead atoms. The minimum absolute atomic E-state index is 0.0130. The molecule has 0 aliphatic carbocycles. The molecule has 1 aromatic heterocycles. The maximum Gasteiger partial charge on any atom is 0.251 e. The molecule has 10 heteroatoms. The SMILES string of the molecule is C[C@@H]1CN(c2ccc(-c3nc(-c4cc5c(cc4F)C(=O)NCC5)c(N)nc3F)cc2CN(C)C)CCO1. The minimum Gasteiger partial charge on any atom is -0.382 e. The summed E-state index contributed by atoms with van der Waals surface area (Å²) < 4.78 is 35.9. The van der Waals surface area contributed by atoms with E-state index in [9.17, 15) is 4.79 Å². The fraction of sp³-hybridized carbons (Fsp3) is 0.370. The van der Waals surface area contributed by atoms with Gasteiger partial charge in [0.2, 0.25) is 5.95 Å². The predicted octanol–water partition coefficient (Wildman–Crippen LogP) is 3.24. The number of halogens is 2. The van der Waals surface area contributed by atoms with Crippen LogP contribution in [-0.2, 0) is 17.7 Å². The van der Waals surface area contributed by atoms with E-state index in [4.69, 9.17) is 10.5 Å². The predicted molar refractivity (Wildman–Crippen MR) is 138 cm³/mol. The summed E-state index contributed by atoms with van der Waals surface area (Å²) in [5, 5.41) is 2.70. The van der Waals surface area contributed by atoms with Gasteiger partial charge in [-0.05, 0) is 62.8 Å². The van der Waals surface area contributed by atoms with Crippen LogP contribution in [0.2, 0.25) is 0 Å². The molecule has 1 saturated heterocycles. The van der Waals surface area contributed by atoms with Crippen molar-refractivity contribution in [2.24, 2.45) is 0 Å². The Kier molecular flexibility index (Phi) is 6.78. The zero-order chi connectivity index (χ0) is 26.3. The van der Waals surface area contributed by atoms with Crippen LogP contribution in [0.5, 0.6) is 0 Å². The van der Waals surface area contributed by atoms with Crippen molar-refractivity contribution in [1.82, 2.24) is 20.2 Å². The summed E-state index contributed by atoms with van der Waals surface area (Å²) in [4.78, 5) is 24.8. The van der Waals surface area contributed by atoms with Crippen LogP contribution in [0.1, 0.15) is 28.4 Å². The van der Waals surface area contributed by atoms with Gasteiger partial charge in [-0.2, -0.15) is 9.37 Å². The summed E-state index contributed by atoms with van der Waals surface area (Å²) in [6.45, 7) is 5.29. The number of rotatable bonds is 5. The maximum atomic E-state index is 15.1. The first kappa shape index (κ1) is 25.0. The normalized spacial score (nSPS) is 17.6. The van der Waals surface area contributed by atoms with E-state index in [1.807, 2.05) is 38.1 Å². The van der Waals surface area contributed by atoms with E-state index in [-0.39, 0.29) is 40.3 Å². The topological polar surface area (TPSA) is 96.6 Å². The Morgan fingerprint density at radius 2 is 1.97 bits per heavy atom. The number of hydrogen-bond acceptors (Lipinski definition) is 7. The van der Waals surface area contributed by atoms with Crippen LogP contribution >= 0.6 is 0 Å². The summed E-state index contributed by atoms with van der Waals surface area (Å²) in [6.07, 6.45) is 0.659. The van der Waals surface area contributed by atoms with Gasteiger partial charge in [-0.25, -0.2) is 9.37 Å². The Labute approximate surface area is 214 Å². The summed E-state index contributed by atoms with van der Waals surface area (Å²) in [5.41, 5.74) is 9.68. The number of nitrogens with zero attached hydrogens (tertiary/aromatic N) is 4. The molecule has 194 valence electrons. The van der Waals surface area contributed by atoms with Crippen LogP contribution in [-0.4, -0.2) is 67.2 Å². The lowest BCUT2D eigenvalue weighted by Crippen LogP contribution is -2.41. The highest BCUT2D eigenvalue weighted by Gasteiger charge is 2.25. The van der Waals surface area contributed by atoms with Gasteiger partial charge in [0.25, 0.3) is 5.91 Å². The lowest BCUT2D eigenvalue weighted by molar-refractivity contribution is 0.0531. The highest BCUT2D eigenvalue weighted by atomic mass is 19.1. The molecule has 0 saturated carbocycles. The first-order chi connectivity index (χ1) is 17.7. The van der Waals surface area contributed by atoms with Gasteiger partial charge in [0.05, 0.1) is 12.7 Å². The minimum atomic E-state index is -0.831. The molecule has 5 rings (SSSR count). The Morgan fingerprint density at radius 3 is 2.73 bits per heavy atom. The van der Waals surface area contributed by atoms with Gasteiger partial charge in [0.15, 0.2) is 5.82 Å². The maximum absolute atomic E-state index is 15.1. The number of nitrogens with two attached hydrogens (primary N) is 1. The Hall–Kier alpha value is -3.63. The lowest BCUT2D eigenvalue weighted by Gasteiger charge is -2.34. The second-order valence-corrected chi connectivity index (χ2v) is 9.80. The Balaban J connectivity index is 1.59. The van der Waals surface area contributed by atoms with Crippen LogP contribution in [0.15, 0.2) is 30.3 Å². The average Bonchev–Trinajstić information content (AvgIpc) is 2.84. The second-order valence-electron chi connectivity index (χ2n) is 9.80. The first-order valence-corrected chi connectivity index (χ1v) is 12.3. The molecule has 2 aliphatic heterocycles. The molecule has 3 aromatic rings. The van der Waals surface area contributed by atoms with Gasteiger partial charge in [-0.1, -0.05) is 6.07 Å². The molecule has 0 spiro atoms. The van der Waals surface area contributed by atoms with Crippen molar-refractivity contribution in [1.29, 1.82) is 0 Å². The number of carbonyl (C=O) groups excluding carboxylic acids is 1. The molecule has 37 heavy (non-hydrogen) atoms. The number of fused-ring (bicyclic) bond motifs is 1. The number of aromatic nitrogens is 2. The fourth-order valence-corrected chi connectivity index (χ4v) is 4.98. The number of ether oxygens (including phenoxy) is 1. The molecular weight excluding hydrogens is 478 g/mol. The quantitative estimate of drug-likeness (QED) is 0.546. The number of carbonyl (C=O) groups is 1. The standard InChI is InChI=1S/C27H30F2N6O2/c1-15-13-35(8-9-37-15)22-5-4-17(10-18(22)14-34(2)3)23-25(29)33-26(30)24(32-23)20-11-16-6-7-31-27(36)19(16)12-21(20)28/h4-5,10-12,15H,6-9,13-14H2,1-3H3,(H2,30,33)(H,31,36)/t15-/m1/s1. The van der Waals surface area contributed by atoms with Crippen molar-refractivity contribution in [3.8, 4) is 22.5 Å². The molecule has 2 aromatic carbocycles. The molecular formula is C27H30F2N6O2. The van der Waals surface area contributed by atoms with E-state index >= 15 is 8.78 Å². The summed E-state index contributed by atoms with van der Waals surface area (Å²) in [6, 6.07) is 8.40. The van der Waals surface area contributed by atoms with Crippen molar-refractivity contribution < 1.29 is 18.3 Å². The second kappa shape index (κ2) is 10.0. The van der Waals surface area contributed by atoms with Crippen LogP contribution in [0.4, 0.5) is 20.3 Å². The number of hydrogen-bond donors (Lipinski definition) is 2. The number of nitrogen functional groups attached to an aromatic ring is 1. The number of anilines is 2. The molecule has 1 amide bonds. The zero-order valence-electron chi connectivity index (χ0n) is 21.1. The smallest absolute Gasteiger partial charge is 0.251 e. The largest absolute Gasteiger partial charge is 0.382 e. The Bertz CT molecular complexity index is 1360. The third kappa shape index (κ3) is 4.99. The monoisotopic (exact) mass is 508 g/mol.